The van der Waals surface area contributed by atoms with Crippen molar-refractivity contribution in [2.75, 3.05) is 21.3 Å². The lowest BCUT2D eigenvalue weighted by atomic mass is 10.1. The van der Waals surface area contributed by atoms with Gasteiger partial charge < -0.3 is 18.9 Å². The van der Waals surface area contributed by atoms with Gasteiger partial charge in [-0.1, -0.05) is 6.07 Å². The number of aliphatic imine (C=N–C) groups is 1. The molecule has 0 saturated heterocycles. The van der Waals surface area contributed by atoms with Gasteiger partial charge in [-0.05, 0) is 30.3 Å². The summed E-state index contributed by atoms with van der Waals surface area (Å²) in [6, 6.07) is 8.71. The third kappa shape index (κ3) is 3.30. The highest BCUT2D eigenvalue weighted by molar-refractivity contribution is 6.13. The highest BCUT2D eigenvalue weighted by Gasteiger charge is 2.26. The predicted octanol–water partition coefficient (Wildman–Crippen LogP) is 2.45. The number of methoxy groups -OCH3 is 3. The lowest BCUT2D eigenvalue weighted by molar-refractivity contribution is -0.129. The lowest BCUT2D eigenvalue weighted by Gasteiger charge is -2.13. The predicted molar refractivity (Wildman–Crippen MR) is 90.9 cm³/mol. The van der Waals surface area contributed by atoms with Crippen molar-refractivity contribution in [3.8, 4) is 17.2 Å². The van der Waals surface area contributed by atoms with Crippen LogP contribution in [0.25, 0.3) is 6.08 Å². The van der Waals surface area contributed by atoms with Crippen molar-refractivity contribution in [2.24, 2.45) is 4.99 Å². The van der Waals surface area contributed by atoms with Gasteiger partial charge in [-0.3, -0.25) is 4.98 Å². The van der Waals surface area contributed by atoms with Crippen LogP contribution in [0.5, 0.6) is 17.2 Å². The van der Waals surface area contributed by atoms with Gasteiger partial charge in [0, 0.05) is 11.8 Å². The molecule has 0 radical (unpaired) electrons. The molecule has 7 heteroatoms. The standard InChI is InChI=1S/C18H16N2O5/c1-22-14-8-11(9-15(23-2)16(14)24-3)17-20-13(18(21)25-17)10-12-6-4-5-7-19-12/h4-10H,1-3H3/b13-10+. The Hall–Kier alpha value is -3.35. The number of carbonyl (C=O) groups excluding carboxylic acids is 1. The minimum Gasteiger partial charge on any atom is -0.493 e. The first-order chi connectivity index (χ1) is 12.2. The highest BCUT2D eigenvalue weighted by Crippen LogP contribution is 2.39. The summed E-state index contributed by atoms with van der Waals surface area (Å²) in [5.41, 5.74) is 1.32. The first kappa shape index (κ1) is 16.5. The number of aromatic nitrogens is 1. The number of nitrogens with zero attached hydrogens (tertiary/aromatic N) is 2. The fraction of sp³-hybridized carbons (Fsp3) is 0.167. The molecule has 1 aliphatic rings. The van der Waals surface area contributed by atoms with E-state index in [0.29, 0.717) is 28.5 Å². The topological polar surface area (TPSA) is 79.2 Å². The van der Waals surface area contributed by atoms with Gasteiger partial charge in [-0.2, -0.15) is 0 Å². The molecule has 25 heavy (non-hydrogen) atoms. The van der Waals surface area contributed by atoms with E-state index in [1.807, 2.05) is 6.07 Å². The second-order valence-corrected chi connectivity index (χ2v) is 5.00. The van der Waals surface area contributed by atoms with Crippen LogP contribution in [-0.4, -0.2) is 38.2 Å². The zero-order valence-corrected chi connectivity index (χ0v) is 14.0. The van der Waals surface area contributed by atoms with Gasteiger partial charge in [0.05, 0.1) is 27.0 Å². The summed E-state index contributed by atoms with van der Waals surface area (Å²) in [7, 11) is 4.53. The number of ether oxygens (including phenoxy) is 4. The first-order valence-electron chi connectivity index (χ1n) is 7.40. The lowest BCUT2D eigenvalue weighted by Crippen LogP contribution is -2.07. The molecule has 1 aliphatic heterocycles. The summed E-state index contributed by atoms with van der Waals surface area (Å²) in [5, 5.41) is 0. The zero-order chi connectivity index (χ0) is 17.8. The van der Waals surface area contributed by atoms with Crippen molar-refractivity contribution in [1.82, 2.24) is 4.98 Å². The van der Waals surface area contributed by atoms with E-state index in [1.165, 1.54) is 21.3 Å². The van der Waals surface area contributed by atoms with Crippen LogP contribution in [-0.2, 0) is 9.53 Å². The SMILES string of the molecule is COc1cc(C2=N/C(=C/c3ccccn3)C(=O)O2)cc(OC)c1OC. The summed E-state index contributed by atoms with van der Waals surface area (Å²) in [6.45, 7) is 0. The maximum atomic E-state index is 12.1. The molecule has 0 aliphatic carbocycles. The number of pyridine rings is 1. The molecule has 0 fully saturated rings. The number of rotatable bonds is 5. The van der Waals surface area contributed by atoms with Crippen molar-refractivity contribution >= 4 is 17.9 Å². The Morgan fingerprint density at radius 1 is 1.04 bits per heavy atom. The Labute approximate surface area is 144 Å². The van der Waals surface area contributed by atoms with Crippen LogP contribution in [0, 0.1) is 0 Å². The van der Waals surface area contributed by atoms with Crippen LogP contribution in [0.1, 0.15) is 11.3 Å². The fourth-order valence-electron chi connectivity index (χ4n) is 2.34. The van der Waals surface area contributed by atoms with E-state index in [-0.39, 0.29) is 11.6 Å². The van der Waals surface area contributed by atoms with E-state index in [1.54, 1.807) is 36.5 Å². The van der Waals surface area contributed by atoms with Crippen LogP contribution in [0.3, 0.4) is 0 Å². The maximum Gasteiger partial charge on any atom is 0.363 e. The molecule has 3 rings (SSSR count). The summed E-state index contributed by atoms with van der Waals surface area (Å²) in [5.74, 6) is 0.944. The zero-order valence-electron chi connectivity index (χ0n) is 14.0. The van der Waals surface area contributed by atoms with Crippen LogP contribution in [0.15, 0.2) is 47.2 Å². The monoisotopic (exact) mass is 340 g/mol. The maximum absolute atomic E-state index is 12.1. The normalized spacial score (nSPS) is 14.9. The van der Waals surface area contributed by atoms with Gasteiger partial charge in [-0.25, -0.2) is 9.79 Å². The van der Waals surface area contributed by atoms with E-state index < -0.39 is 5.97 Å². The number of hydrogen-bond donors (Lipinski definition) is 0. The van der Waals surface area contributed by atoms with E-state index in [2.05, 4.69) is 9.98 Å². The van der Waals surface area contributed by atoms with Gasteiger partial charge in [-0.15, -0.1) is 0 Å². The molecule has 0 bridgehead atoms. The van der Waals surface area contributed by atoms with Gasteiger partial charge in [0.15, 0.2) is 17.2 Å². The minimum atomic E-state index is -0.547. The molecule has 2 aromatic rings. The van der Waals surface area contributed by atoms with E-state index in [4.69, 9.17) is 18.9 Å². The fourth-order valence-corrected chi connectivity index (χ4v) is 2.34. The molecule has 128 valence electrons. The second kappa shape index (κ2) is 7.04. The minimum absolute atomic E-state index is 0.159. The van der Waals surface area contributed by atoms with Crippen LogP contribution in [0.4, 0.5) is 0 Å². The van der Waals surface area contributed by atoms with Gasteiger partial charge in [0.2, 0.25) is 11.6 Å². The number of benzene rings is 1. The highest BCUT2D eigenvalue weighted by atomic mass is 16.6. The Morgan fingerprint density at radius 2 is 1.76 bits per heavy atom. The largest absolute Gasteiger partial charge is 0.493 e. The van der Waals surface area contributed by atoms with Crippen molar-refractivity contribution in [3.63, 3.8) is 0 Å². The van der Waals surface area contributed by atoms with Crippen LogP contribution >= 0.6 is 0 Å². The molecule has 0 amide bonds. The molecular formula is C18H16N2O5. The molecule has 2 heterocycles. The molecular weight excluding hydrogens is 324 g/mol. The van der Waals surface area contributed by atoms with Gasteiger partial charge in [0.1, 0.15) is 0 Å². The summed E-state index contributed by atoms with van der Waals surface area (Å²) >= 11 is 0. The third-order valence-corrected chi connectivity index (χ3v) is 3.50. The Balaban J connectivity index is 2.01. The molecule has 1 aromatic carbocycles. The smallest absolute Gasteiger partial charge is 0.363 e. The quantitative estimate of drug-likeness (QED) is 0.614. The van der Waals surface area contributed by atoms with Crippen molar-refractivity contribution in [1.29, 1.82) is 0 Å². The Morgan fingerprint density at radius 3 is 2.32 bits per heavy atom. The number of hydrogen-bond acceptors (Lipinski definition) is 7. The summed E-state index contributed by atoms with van der Waals surface area (Å²) in [6.07, 6.45) is 3.20. The molecule has 0 saturated carbocycles. The van der Waals surface area contributed by atoms with Crippen molar-refractivity contribution in [2.45, 2.75) is 0 Å². The molecule has 0 N–H and O–H groups in total. The molecule has 1 aromatic heterocycles. The van der Waals surface area contributed by atoms with Crippen LogP contribution in [0.2, 0.25) is 0 Å². The second-order valence-electron chi connectivity index (χ2n) is 5.00. The number of cyclic esters (lactones) is 1. The molecule has 7 nitrogen and oxygen atoms in total. The molecule has 0 unspecified atom stereocenters. The molecule has 0 spiro atoms. The third-order valence-electron chi connectivity index (χ3n) is 3.50. The Kier molecular flexibility index (Phi) is 4.65. The van der Waals surface area contributed by atoms with Crippen molar-refractivity contribution in [3.05, 3.63) is 53.5 Å². The van der Waals surface area contributed by atoms with E-state index in [0.717, 1.165) is 0 Å². The molecule has 0 atom stereocenters. The average Bonchev–Trinajstić information content (AvgIpc) is 3.01. The number of carbonyl (C=O) groups is 1. The van der Waals surface area contributed by atoms with Crippen LogP contribution < -0.4 is 14.2 Å². The van der Waals surface area contributed by atoms with E-state index >= 15 is 0 Å². The first-order valence-corrected chi connectivity index (χ1v) is 7.40. The summed E-state index contributed by atoms with van der Waals surface area (Å²) in [4.78, 5) is 20.5. The van der Waals surface area contributed by atoms with Crippen molar-refractivity contribution < 1.29 is 23.7 Å². The van der Waals surface area contributed by atoms with Gasteiger partial charge >= 0.3 is 5.97 Å². The van der Waals surface area contributed by atoms with E-state index in [9.17, 15) is 4.79 Å². The summed E-state index contributed by atoms with van der Waals surface area (Å²) < 4.78 is 21.2. The average molecular weight is 340 g/mol. The van der Waals surface area contributed by atoms with Gasteiger partial charge in [0.25, 0.3) is 0 Å². The number of esters is 1. The Bertz CT molecular complexity index is 834.